The van der Waals surface area contributed by atoms with Crippen molar-refractivity contribution in [3.05, 3.63) is 96.1 Å². The molecular formula is C22H18F3NO3. The van der Waals surface area contributed by atoms with Crippen LogP contribution in [0.4, 0.5) is 18.9 Å². The standard InChI is InChI=1S/C22H18F3NO3/c1-2-6-15(7-5-14-22(23,24)25)18-8-3-4-9-19(18)20(27)26-17-12-10-16(11-13-17)21(28)29/h2-13H,1,14H2,(H,26,27)(H,28,29)/b7-5-,15-6+. The normalized spacial score (nSPS) is 12.0. The lowest BCUT2D eigenvalue weighted by molar-refractivity contribution is -0.125. The van der Waals surface area contributed by atoms with Crippen molar-refractivity contribution >= 4 is 23.1 Å². The number of carboxylic acids is 1. The van der Waals surface area contributed by atoms with E-state index in [4.69, 9.17) is 5.11 Å². The van der Waals surface area contributed by atoms with Crippen LogP contribution < -0.4 is 5.32 Å². The number of carbonyl (C=O) groups excluding carboxylic acids is 1. The first-order valence-electron chi connectivity index (χ1n) is 8.51. The molecule has 2 N–H and O–H groups in total. The summed E-state index contributed by atoms with van der Waals surface area (Å²) >= 11 is 0. The zero-order chi connectivity index (χ0) is 21.4. The van der Waals surface area contributed by atoms with Gasteiger partial charge in [-0.25, -0.2) is 4.79 Å². The second-order valence-corrected chi connectivity index (χ2v) is 5.96. The Morgan fingerprint density at radius 3 is 2.21 bits per heavy atom. The number of carboxylic acid groups (broad SMARTS) is 1. The maximum atomic E-state index is 12.7. The summed E-state index contributed by atoms with van der Waals surface area (Å²) in [5, 5.41) is 11.6. The predicted molar refractivity (Wildman–Crippen MR) is 106 cm³/mol. The summed E-state index contributed by atoms with van der Waals surface area (Å²) in [6.07, 6.45) is -0.203. The van der Waals surface area contributed by atoms with Crippen molar-refractivity contribution in [2.24, 2.45) is 0 Å². The SMILES string of the molecule is C=C/C=C(\C=C/CC(F)(F)F)c1ccccc1C(=O)Nc1ccc(C(=O)O)cc1. The van der Waals surface area contributed by atoms with Gasteiger partial charge in [0.05, 0.1) is 12.0 Å². The third-order valence-corrected chi connectivity index (χ3v) is 3.82. The van der Waals surface area contributed by atoms with Crippen molar-refractivity contribution in [1.29, 1.82) is 0 Å². The van der Waals surface area contributed by atoms with Crippen molar-refractivity contribution < 1.29 is 27.9 Å². The van der Waals surface area contributed by atoms with Crippen LogP contribution in [0.1, 0.15) is 32.7 Å². The minimum absolute atomic E-state index is 0.0782. The number of anilines is 1. The van der Waals surface area contributed by atoms with Crippen molar-refractivity contribution in [2.45, 2.75) is 12.6 Å². The maximum Gasteiger partial charge on any atom is 0.392 e. The fraction of sp³-hybridized carbons (Fsp3) is 0.0909. The van der Waals surface area contributed by atoms with Gasteiger partial charge in [-0.3, -0.25) is 4.79 Å². The molecule has 0 bridgehead atoms. The number of rotatable bonds is 7. The second-order valence-electron chi connectivity index (χ2n) is 5.96. The van der Waals surface area contributed by atoms with Crippen LogP contribution >= 0.6 is 0 Å². The van der Waals surface area contributed by atoms with Gasteiger partial charge in [0.1, 0.15) is 0 Å². The minimum Gasteiger partial charge on any atom is -0.478 e. The molecule has 0 unspecified atom stereocenters. The quantitative estimate of drug-likeness (QED) is 0.584. The maximum absolute atomic E-state index is 12.7. The van der Waals surface area contributed by atoms with Gasteiger partial charge in [0, 0.05) is 11.3 Å². The number of halogens is 3. The first-order chi connectivity index (χ1) is 13.7. The van der Waals surface area contributed by atoms with Crippen LogP contribution in [0.15, 0.2) is 79.4 Å². The fourth-order valence-electron chi connectivity index (χ4n) is 2.51. The van der Waals surface area contributed by atoms with Crippen LogP contribution in [0.3, 0.4) is 0 Å². The largest absolute Gasteiger partial charge is 0.478 e. The van der Waals surface area contributed by atoms with Gasteiger partial charge in [0.15, 0.2) is 0 Å². The monoisotopic (exact) mass is 401 g/mol. The van der Waals surface area contributed by atoms with Gasteiger partial charge in [-0.2, -0.15) is 13.2 Å². The molecule has 0 aromatic heterocycles. The molecule has 29 heavy (non-hydrogen) atoms. The zero-order valence-corrected chi connectivity index (χ0v) is 15.2. The number of alkyl halides is 3. The molecule has 0 aliphatic heterocycles. The lowest BCUT2D eigenvalue weighted by Gasteiger charge is -2.11. The van der Waals surface area contributed by atoms with Crippen LogP contribution in [0, 0.1) is 0 Å². The second kappa shape index (κ2) is 9.54. The highest BCUT2D eigenvalue weighted by molar-refractivity contribution is 6.08. The van der Waals surface area contributed by atoms with Gasteiger partial charge < -0.3 is 10.4 Å². The van der Waals surface area contributed by atoms with Crippen LogP contribution in [-0.2, 0) is 0 Å². The minimum atomic E-state index is -4.32. The van der Waals surface area contributed by atoms with Crippen molar-refractivity contribution in [2.75, 3.05) is 5.32 Å². The summed E-state index contributed by atoms with van der Waals surface area (Å²) in [5.41, 5.74) is 1.55. The summed E-state index contributed by atoms with van der Waals surface area (Å²) in [6, 6.07) is 12.1. The molecule has 0 aliphatic carbocycles. The molecular weight excluding hydrogens is 383 g/mol. The molecule has 0 atom stereocenters. The third kappa shape index (κ3) is 6.49. The van der Waals surface area contributed by atoms with Gasteiger partial charge in [-0.1, -0.05) is 49.1 Å². The Morgan fingerprint density at radius 1 is 1.03 bits per heavy atom. The van der Waals surface area contributed by atoms with Crippen LogP contribution in [0.25, 0.3) is 5.57 Å². The lowest BCUT2D eigenvalue weighted by Crippen LogP contribution is -2.14. The molecule has 150 valence electrons. The van der Waals surface area contributed by atoms with E-state index in [9.17, 15) is 22.8 Å². The van der Waals surface area contributed by atoms with E-state index in [1.807, 2.05) is 0 Å². The highest BCUT2D eigenvalue weighted by Gasteiger charge is 2.24. The molecule has 7 heteroatoms. The molecule has 2 aromatic rings. The highest BCUT2D eigenvalue weighted by atomic mass is 19.4. The van der Waals surface area contributed by atoms with Crippen molar-refractivity contribution in [3.63, 3.8) is 0 Å². The number of amides is 1. The van der Waals surface area contributed by atoms with Crippen LogP contribution in [0.5, 0.6) is 0 Å². The number of nitrogens with one attached hydrogen (secondary N) is 1. The molecule has 4 nitrogen and oxygen atoms in total. The number of benzene rings is 2. The Bertz CT molecular complexity index is 958. The first kappa shape index (κ1) is 21.7. The van der Waals surface area contributed by atoms with E-state index in [1.54, 1.807) is 24.3 Å². The third-order valence-electron chi connectivity index (χ3n) is 3.82. The number of carbonyl (C=O) groups is 2. The van der Waals surface area contributed by atoms with E-state index in [-0.39, 0.29) is 11.1 Å². The Labute approximate surface area is 165 Å². The number of hydrogen-bond donors (Lipinski definition) is 2. The molecule has 0 aliphatic rings. The van der Waals surface area contributed by atoms with E-state index < -0.39 is 24.5 Å². The average Bonchev–Trinajstić information content (AvgIpc) is 2.67. The summed E-state index contributed by atoms with van der Waals surface area (Å²) < 4.78 is 37.3. The Kier molecular flexibility index (Phi) is 7.14. The van der Waals surface area contributed by atoms with Gasteiger partial charge in [0.2, 0.25) is 0 Å². The van der Waals surface area contributed by atoms with Crippen LogP contribution in [-0.4, -0.2) is 23.2 Å². The summed E-state index contributed by atoms with van der Waals surface area (Å²) in [4.78, 5) is 23.6. The Morgan fingerprint density at radius 2 is 1.66 bits per heavy atom. The van der Waals surface area contributed by atoms with Gasteiger partial charge >= 0.3 is 12.1 Å². The smallest absolute Gasteiger partial charge is 0.392 e. The van der Waals surface area contributed by atoms with E-state index >= 15 is 0 Å². The number of allylic oxidation sites excluding steroid dienone is 5. The zero-order valence-electron chi connectivity index (χ0n) is 15.2. The summed E-state index contributed by atoms with van der Waals surface area (Å²) in [7, 11) is 0. The van der Waals surface area contributed by atoms with E-state index in [2.05, 4.69) is 11.9 Å². The predicted octanol–water partition coefficient (Wildman–Crippen LogP) is 5.72. The topological polar surface area (TPSA) is 66.4 Å². The lowest BCUT2D eigenvalue weighted by atomic mass is 9.98. The van der Waals surface area contributed by atoms with Gasteiger partial charge in [0.25, 0.3) is 5.91 Å². The summed E-state index contributed by atoms with van der Waals surface area (Å²) in [5.74, 6) is -1.57. The van der Waals surface area contributed by atoms with E-state index in [1.165, 1.54) is 42.5 Å². The molecule has 0 fully saturated rings. The molecule has 0 saturated carbocycles. The average molecular weight is 401 g/mol. The first-order valence-corrected chi connectivity index (χ1v) is 8.51. The van der Waals surface area contributed by atoms with Crippen molar-refractivity contribution in [1.82, 2.24) is 0 Å². The molecule has 2 rings (SSSR count). The molecule has 0 radical (unpaired) electrons. The molecule has 2 aromatic carbocycles. The van der Waals surface area contributed by atoms with Gasteiger partial charge in [-0.05, 0) is 41.5 Å². The van der Waals surface area contributed by atoms with E-state index in [0.717, 1.165) is 6.08 Å². The highest BCUT2D eigenvalue weighted by Crippen LogP contribution is 2.25. The molecule has 1 amide bonds. The number of hydrogen-bond acceptors (Lipinski definition) is 2. The summed E-state index contributed by atoms with van der Waals surface area (Å²) in [6.45, 7) is 3.57. The molecule has 0 heterocycles. The Hall–Kier alpha value is -3.61. The van der Waals surface area contributed by atoms with Crippen molar-refractivity contribution in [3.8, 4) is 0 Å². The van der Waals surface area contributed by atoms with Crippen LogP contribution in [0.2, 0.25) is 0 Å². The Balaban J connectivity index is 2.29. The molecule has 0 spiro atoms. The molecule has 0 saturated heterocycles. The van der Waals surface area contributed by atoms with E-state index in [0.29, 0.717) is 16.8 Å². The van der Waals surface area contributed by atoms with Gasteiger partial charge in [-0.15, -0.1) is 0 Å². The number of aromatic carboxylic acids is 1. The fourth-order valence-corrected chi connectivity index (χ4v) is 2.51.